The Bertz CT molecular complexity index is 1000. The van der Waals surface area contributed by atoms with Gasteiger partial charge in [0, 0.05) is 38.1 Å². The first kappa shape index (κ1) is 21.3. The molecule has 1 fully saturated rings. The monoisotopic (exact) mass is 413 g/mol. The lowest BCUT2D eigenvalue weighted by molar-refractivity contribution is -0.127. The van der Waals surface area contributed by atoms with E-state index in [9.17, 15) is 4.79 Å². The third kappa shape index (κ3) is 5.39. The van der Waals surface area contributed by atoms with E-state index in [4.69, 9.17) is 0 Å². The summed E-state index contributed by atoms with van der Waals surface area (Å²) in [7, 11) is 0. The first-order valence-electron chi connectivity index (χ1n) is 11.1. The van der Waals surface area contributed by atoms with Crippen LogP contribution in [0, 0.1) is 19.8 Å². The van der Waals surface area contributed by atoms with Crippen LogP contribution in [0.15, 0.2) is 73.1 Å². The predicted molar refractivity (Wildman–Crippen MR) is 124 cm³/mol. The molecule has 1 amide bonds. The van der Waals surface area contributed by atoms with E-state index in [1.54, 1.807) is 12.4 Å². The SMILES string of the molecule is Cc1ccc(CN2CC(C(=O)NCc3cccnc3)CCC2c2ccccc2)cc1C. The summed E-state index contributed by atoms with van der Waals surface area (Å²) < 4.78 is 0. The molecule has 0 radical (unpaired) electrons. The Morgan fingerprint density at radius 2 is 1.84 bits per heavy atom. The summed E-state index contributed by atoms with van der Waals surface area (Å²) in [6.07, 6.45) is 5.45. The van der Waals surface area contributed by atoms with Crippen molar-refractivity contribution in [1.82, 2.24) is 15.2 Å². The van der Waals surface area contributed by atoms with Crippen molar-refractivity contribution in [3.05, 3.63) is 101 Å². The van der Waals surface area contributed by atoms with Crippen molar-refractivity contribution >= 4 is 5.91 Å². The number of nitrogens with zero attached hydrogens (tertiary/aromatic N) is 2. The molecule has 1 aromatic heterocycles. The second kappa shape index (κ2) is 9.88. The number of nitrogens with one attached hydrogen (secondary N) is 1. The normalized spacial score (nSPS) is 19.2. The zero-order chi connectivity index (χ0) is 21.6. The summed E-state index contributed by atoms with van der Waals surface area (Å²) in [5.74, 6) is 0.142. The molecule has 2 heterocycles. The molecular formula is C27H31N3O. The molecule has 31 heavy (non-hydrogen) atoms. The summed E-state index contributed by atoms with van der Waals surface area (Å²) in [6, 6.07) is 21.6. The average Bonchev–Trinajstić information content (AvgIpc) is 2.81. The highest BCUT2D eigenvalue weighted by molar-refractivity contribution is 5.79. The van der Waals surface area contributed by atoms with Crippen LogP contribution in [0.5, 0.6) is 0 Å². The fraction of sp³-hybridized carbons (Fsp3) is 0.333. The van der Waals surface area contributed by atoms with Gasteiger partial charge < -0.3 is 5.32 Å². The number of pyridine rings is 1. The van der Waals surface area contributed by atoms with Crippen LogP contribution in [-0.2, 0) is 17.9 Å². The highest BCUT2D eigenvalue weighted by atomic mass is 16.1. The van der Waals surface area contributed by atoms with Crippen LogP contribution >= 0.6 is 0 Å². The van der Waals surface area contributed by atoms with E-state index in [0.717, 1.165) is 31.5 Å². The Kier molecular flexibility index (Phi) is 6.78. The van der Waals surface area contributed by atoms with Gasteiger partial charge >= 0.3 is 0 Å². The van der Waals surface area contributed by atoms with E-state index < -0.39 is 0 Å². The number of aryl methyl sites for hydroxylation is 2. The highest BCUT2D eigenvalue weighted by Gasteiger charge is 2.32. The van der Waals surface area contributed by atoms with Crippen molar-refractivity contribution in [1.29, 1.82) is 0 Å². The van der Waals surface area contributed by atoms with Crippen LogP contribution in [0.4, 0.5) is 0 Å². The van der Waals surface area contributed by atoms with E-state index in [2.05, 4.69) is 77.6 Å². The van der Waals surface area contributed by atoms with E-state index >= 15 is 0 Å². The lowest BCUT2D eigenvalue weighted by atomic mass is 9.88. The van der Waals surface area contributed by atoms with Crippen LogP contribution in [0.1, 0.15) is 46.7 Å². The minimum Gasteiger partial charge on any atom is -0.352 e. The molecule has 4 rings (SSSR count). The number of aromatic nitrogens is 1. The van der Waals surface area contributed by atoms with Gasteiger partial charge in [-0.05, 0) is 60.6 Å². The molecule has 2 atom stereocenters. The van der Waals surface area contributed by atoms with E-state index in [0.29, 0.717) is 12.6 Å². The molecule has 1 aliphatic heterocycles. The van der Waals surface area contributed by atoms with E-state index in [1.165, 1.54) is 22.3 Å². The molecule has 0 saturated carbocycles. The highest BCUT2D eigenvalue weighted by Crippen LogP contribution is 2.34. The average molecular weight is 414 g/mol. The van der Waals surface area contributed by atoms with E-state index in [-0.39, 0.29) is 11.8 Å². The molecule has 1 saturated heterocycles. The largest absolute Gasteiger partial charge is 0.352 e. The van der Waals surface area contributed by atoms with Gasteiger partial charge in [-0.2, -0.15) is 0 Å². The molecular weight excluding hydrogens is 382 g/mol. The van der Waals surface area contributed by atoms with Gasteiger partial charge in [0.2, 0.25) is 5.91 Å². The van der Waals surface area contributed by atoms with Crippen molar-refractivity contribution < 1.29 is 4.79 Å². The fourth-order valence-corrected chi connectivity index (χ4v) is 4.46. The molecule has 0 spiro atoms. The summed E-state index contributed by atoms with van der Waals surface area (Å²) in [5.41, 5.74) is 6.30. The standard InChI is InChI=1S/C27H31N3O/c1-20-10-11-22(15-21(20)2)18-30-19-25(12-13-26(30)24-8-4-3-5-9-24)27(31)29-17-23-7-6-14-28-16-23/h3-11,14-16,25-26H,12-13,17-19H2,1-2H3,(H,29,31). The Balaban J connectivity index is 1.48. The lowest BCUT2D eigenvalue weighted by Gasteiger charge is -2.39. The third-order valence-corrected chi connectivity index (χ3v) is 6.39. The number of hydrogen-bond donors (Lipinski definition) is 1. The Morgan fingerprint density at radius 1 is 1.00 bits per heavy atom. The summed E-state index contributed by atoms with van der Waals surface area (Å²) in [5, 5.41) is 3.12. The van der Waals surface area contributed by atoms with Crippen LogP contribution in [-0.4, -0.2) is 22.3 Å². The van der Waals surface area contributed by atoms with Crippen molar-refractivity contribution in [3.8, 4) is 0 Å². The van der Waals surface area contributed by atoms with Crippen LogP contribution in [0.25, 0.3) is 0 Å². The van der Waals surface area contributed by atoms with Gasteiger partial charge in [-0.1, -0.05) is 54.6 Å². The van der Waals surface area contributed by atoms with Gasteiger partial charge in [-0.3, -0.25) is 14.7 Å². The van der Waals surface area contributed by atoms with Crippen molar-refractivity contribution in [2.45, 2.75) is 45.8 Å². The number of piperidine rings is 1. The maximum absolute atomic E-state index is 13.0. The smallest absolute Gasteiger partial charge is 0.224 e. The zero-order valence-corrected chi connectivity index (χ0v) is 18.4. The molecule has 4 heteroatoms. The minimum atomic E-state index is 0.00294. The predicted octanol–water partition coefficient (Wildman–Crippen LogP) is 4.97. The number of carbonyl (C=O) groups is 1. The fourth-order valence-electron chi connectivity index (χ4n) is 4.46. The minimum absolute atomic E-state index is 0.00294. The summed E-state index contributed by atoms with van der Waals surface area (Å²) in [6.45, 7) is 6.47. The molecule has 2 aromatic carbocycles. The third-order valence-electron chi connectivity index (χ3n) is 6.39. The molecule has 1 N–H and O–H groups in total. The lowest BCUT2D eigenvalue weighted by Crippen LogP contribution is -2.44. The molecule has 3 aromatic rings. The molecule has 4 nitrogen and oxygen atoms in total. The van der Waals surface area contributed by atoms with Gasteiger partial charge in [-0.25, -0.2) is 0 Å². The van der Waals surface area contributed by atoms with Gasteiger partial charge in [0.05, 0.1) is 5.92 Å². The van der Waals surface area contributed by atoms with Crippen LogP contribution < -0.4 is 5.32 Å². The van der Waals surface area contributed by atoms with Gasteiger partial charge in [0.15, 0.2) is 0 Å². The van der Waals surface area contributed by atoms with Gasteiger partial charge in [0.1, 0.15) is 0 Å². The summed E-state index contributed by atoms with van der Waals surface area (Å²) >= 11 is 0. The van der Waals surface area contributed by atoms with Crippen molar-refractivity contribution in [3.63, 3.8) is 0 Å². The second-order valence-electron chi connectivity index (χ2n) is 8.63. The first-order valence-corrected chi connectivity index (χ1v) is 11.1. The Labute approximate surface area is 185 Å². The zero-order valence-electron chi connectivity index (χ0n) is 18.4. The Hall–Kier alpha value is -2.98. The molecule has 160 valence electrons. The van der Waals surface area contributed by atoms with Gasteiger partial charge in [0.25, 0.3) is 0 Å². The quantitative estimate of drug-likeness (QED) is 0.621. The Morgan fingerprint density at radius 3 is 2.58 bits per heavy atom. The molecule has 0 bridgehead atoms. The summed E-state index contributed by atoms with van der Waals surface area (Å²) in [4.78, 5) is 19.6. The van der Waals surface area contributed by atoms with Gasteiger partial charge in [-0.15, -0.1) is 0 Å². The van der Waals surface area contributed by atoms with Crippen LogP contribution in [0.3, 0.4) is 0 Å². The number of likely N-dealkylation sites (tertiary alicyclic amines) is 1. The topological polar surface area (TPSA) is 45.2 Å². The number of carbonyl (C=O) groups excluding carboxylic acids is 1. The number of hydrogen-bond acceptors (Lipinski definition) is 3. The maximum Gasteiger partial charge on any atom is 0.224 e. The van der Waals surface area contributed by atoms with E-state index in [1.807, 2.05) is 12.1 Å². The van der Waals surface area contributed by atoms with Crippen molar-refractivity contribution in [2.75, 3.05) is 6.54 Å². The second-order valence-corrected chi connectivity index (χ2v) is 8.63. The number of rotatable bonds is 6. The number of amides is 1. The molecule has 1 aliphatic rings. The van der Waals surface area contributed by atoms with Crippen LogP contribution in [0.2, 0.25) is 0 Å². The maximum atomic E-state index is 13.0. The first-order chi connectivity index (χ1) is 15.1. The van der Waals surface area contributed by atoms with Crippen molar-refractivity contribution in [2.24, 2.45) is 5.92 Å². The molecule has 2 unspecified atom stereocenters. The molecule has 0 aliphatic carbocycles. The number of benzene rings is 2.